The van der Waals surface area contributed by atoms with E-state index in [1.807, 2.05) is 43.3 Å². The highest BCUT2D eigenvalue weighted by molar-refractivity contribution is 5.83. The number of methoxy groups -OCH3 is 2. The molecule has 1 amide bonds. The third-order valence-electron chi connectivity index (χ3n) is 4.37. The Bertz CT molecular complexity index is 801. The molecule has 0 heterocycles. The number of benzene rings is 2. The molecule has 0 aliphatic rings. The van der Waals surface area contributed by atoms with Crippen LogP contribution in [0, 0.1) is 6.92 Å². The first kappa shape index (κ1) is 21.3. The summed E-state index contributed by atoms with van der Waals surface area (Å²) in [6, 6.07) is 13.2. The lowest BCUT2D eigenvalue weighted by atomic mass is 10.1. The first-order chi connectivity index (χ1) is 13.4. The second-order valence-corrected chi connectivity index (χ2v) is 6.50. The second kappa shape index (κ2) is 10.3. The summed E-state index contributed by atoms with van der Waals surface area (Å²) >= 11 is 0. The molecule has 28 heavy (non-hydrogen) atoms. The van der Waals surface area contributed by atoms with E-state index in [9.17, 15) is 9.59 Å². The van der Waals surface area contributed by atoms with Gasteiger partial charge in [0.25, 0.3) is 5.91 Å². The van der Waals surface area contributed by atoms with Crippen LogP contribution < -0.4 is 14.8 Å². The molecular weight excluding hydrogens is 358 g/mol. The van der Waals surface area contributed by atoms with Crippen molar-refractivity contribution in [2.45, 2.75) is 32.8 Å². The highest BCUT2D eigenvalue weighted by atomic mass is 16.5. The molecule has 0 aliphatic heterocycles. The van der Waals surface area contributed by atoms with Crippen molar-refractivity contribution in [2.24, 2.45) is 0 Å². The number of carbonyl (C=O) groups is 2. The van der Waals surface area contributed by atoms with E-state index in [1.54, 1.807) is 27.2 Å². The minimum absolute atomic E-state index is 0.0834. The zero-order valence-corrected chi connectivity index (χ0v) is 16.8. The van der Waals surface area contributed by atoms with Crippen LogP contribution in [0.5, 0.6) is 11.5 Å². The van der Waals surface area contributed by atoms with Gasteiger partial charge in [-0.1, -0.05) is 24.3 Å². The van der Waals surface area contributed by atoms with Crippen molar-refractivity contribution in [3.63, 3.8) is 0 Å². The number of ether oxygens (including phenoxy) is 3. The van der Waals surface area contributed by atoms with Crippen molar-refractivity contribution in [1.29, 1.82) is 0 Å². The Labute approximate surface area is 165 Å². The lowest BCUT2D eigenvalue weighted by Crippen LogP contribution is -2.37. The van der Waals surface area contributed by atoms with E-state index in [0.717, 1.165) is 28.2 Å². The largest absolute Gasteiger partial charge is 0.497 e. The Kier molecular flexibility index (Phi) is 7.87. The highest BCUT2D eigenvalue weighted by Gasteiger charge is 2.18. The molecule has 2 aromatic carbocycles. The Morgan fingerprint density at radius 1 is 1.00 bits per heavy atom. The van der Waals surface area contributed by atoms with Crippen molar-refractivity contribution >= 4 is 11.9 Å². The van der Waals surface area contributed by atoms with Crippen LogP contribution in [0.25, 0.3) is 0 Å². The predicted octanol–water partition coefficient (Wildman–Crippen LogP) is 2.85. The fourth-order valence-corrected chi connectivity index (χ4v) is 2.70. The smallest absolute Gasteiger partial charge is 0.311 e. The summed E-state index contributed by atoms with van der Waals surface area (Å²) in [5.41, 5.74) is 2.85. The summed E-state index contributed by atoms with van der Waals surface area (Å²) in [5.74, 6) is 0.737. The zero-order valence-electron chi connectivity index (χ0n) is 16.8. The Morgan fingerprint density at radius 3 is 2.32 bits per heavy atom. The fourth-order valence-electron chi connectivity index (χ4n) is 2.70. The monoisotopic (exact) mass is 385 g/mol. The van der Waals surface area contributed by atoms with Gasteiger partial charge >= 0.3 is 5.97 Å². The van der Waals surface area contributed by atoms with Gasteiger partial charge < -0.3 is 19.5 Å². The number of hydrogen-bond acceptors (Lipinski definition) is 5. The number of hydrogen-bond donors (Lipinski definition) is 1. The van der Waals surface area contributed by atoms with Gasteiger partial charge in [-0.15, -0.1) is 0 Å². The number of nitrogens with one attached hydrogen (secondary N) is 1. The molecule has 0 radical (unpaired) electrons. The standard InChI is InChI=1S/C22H27NO5/c1-15-5-6-18(13-20(15)27-4)14-21(24)28-16(2)22(25)23-12-11-17-7-9-19(26-3)10-8-17/h5-10,13,16H,11-12,14H2,1-4H3,(H,23,25). The topological polar surface area (TPSA) is 73.9 Å². The van der Waals surface area contributed by atoms with E-state index in [0.29, 0.717) is 13.0 Å². The molecule has 0 aromatic heterocycles. The molecule has 1 unspecified atom stereocenters. The molecule has 0 saturated heterocycles. The average molecular weight is 385 g/mol. The van der Waals surface area contributed by atoms with E-state index in [2.05, 4.69) is 5.32 Å². The van der Waals surface area contributed by atoms with Gasteiger partial charge in [0.2, 0.25) is 0 Å². The lowest BCUT2D eigenvalue weighted by molar-refractivity contribution is -0.154. The fraction of sp³-hybridized carbons (Fsp3) is 0.364. The summed E-state index contributed by atoms with van der Waals surface area (Å²) in [5, 5.41) is 2.79. The summed E-state index contributed by atoms with van der Waals surface area (Å²) in [6.07, 6.45) is -0.0876. The van der Waals surface area contributed by atoms with E-state index in [1.165, 1.54) is 0 Å². The molecule has 150 valence electrons. The first-order valence-electron chi connectivity index (χ1n) is 9.16. The van der Waals surface area contributed by atoms with E-state index in [4.69, 9.17) is 14.2 Å². The summed E-state index contributed by atoms with van der Waals surface area (Å²) in [7, 11) is 3.20. The van der Waals surface area contributed by atoms with Crippen LogP contribution in [0.3, 0.4) is 0 Å². The van der Waals surface area contributed by atoms with Crippen LogP contribution in [0.4, 0.5) is 0 Å². The van der Waals surface area contributed by atoms with Crippen molar-refractivity contribution in [3.05, 3.63) is 59.2 Å². The predicted molar refractivity (Wildman–Crippen MR) is 107 cm³/mol. The van der Waals surface area contributed by atoms with Gasteiger partial charge in [-0.3, -0.25) is 9.59 Å². The second-order valence-electron chi connectivity index (χ2n) is 6.50. The number of carbonyl (C=O) groups excluding carboxylic acids is 2. The molecule has 1 N–H and O–H groups in total. The highest BCUT2D eigenvalue weighted by Crippen LogP contribution is 2.19. The molecule has 0 aliphatic carbocycles. The molecule has 0 spiro atoms. The number of amides is 1. The summed E-state index contributed by atoms with van der Waals surface area (Å²) in [6.45, 7) is 3.96. The van der Waals surface area contributed by atoms with Gasteiger partial charge in [-0.2, -0.15) is 0 Å². The molecular formula is C22H27NO5. The molecule has 6 heteroatoms. The maximum Gasteiger partial charge on any atom is 0.311 e. The molecule has 0 saturated carbocycles. The van der Waals surface area contributed by atoms with Gasteiger partial charge in [-0.25, -0.2) is 0 Å². The van der Waals surface area contributed by atoms with Crippen LogP contribution in [0.15, 0.2) is 42.5 Å². The maximum atomic E-state index is 12.1. The molecule has 0 bridgehead atoms. The molecule has 6 nitrogen and oxygen atoms in total. The number of rotatable bonds is 9. The third-order valence-corrected chi connectivity index (χ3v) is 4.37. The summed E-state index contributed by atoms with van der Waals surface area (Å²) in [4.78, 5) is 24.3. The minimum Gasteiger partial charge on any atom is -0.497 e. The maximum absolute atomic E-state index is 12.1. The van der Waals surface area contributed by atoms with Gasteiger partial charge in [0.15, 0.2) is 6.10 Å². The van der Waals surface area contributed by atoms with Crippen LogP contribution >= 0.6 is 0 Å². The Balaban J connectivity index is 1.76. The van der Waals surface area contributed by atoms with E-state index < -0.39 is 12.1 Å². The number of esters is 1. The average Bonchev–Trinajstić information content (AvgIpc) is 2.69. The quantitative estimate of drug-likeness (QED) is 0.672. The van der Waals surface area contributed by atoms with E-state index in [-0.39, 0.29) is 12.3 Å². The number of aryl methyl sites for hydroxylation is 1. The minimum atomic E-state index is -0.851. The molecule has 2 rings (SSSR count). The van der Waals surface area contributed by atoms with Gasteiger partial charge in [0.05, 0.1) is 20.6 Å². The Morgan fingerprint density at radius 2 is 1.68 bits per heavy atom. The Hall–Kier alpha value is -3.02. The van der Waals surface area contributed by atoms with Crippen molar-refractivity contribution in [3.8, 4) is 11.5 Å². The molecule has 0 fully saturated rings. The van der Waals surface area contributed by atoms with Crippen molar-refractivity contribution in [1.82, 2.24) is 5.32 Å². The summed E-state index contributed by atoms with van der Waals surface area (Å²) < 4.78 is 15.6. The van der Waals surface area contributed by atoms with Crippen LogP contribution in [0.2, 0.25) is 0 Å². The van der Waals surface area contributed by atoms with Crippen molar-refractivity contribution in [2.75, 3.05) is 20.8 Å². The molecule has 1 atom stereocenters. The van der Waals surface area contributed by atoms with Crippen LogP contribution in [-0.4, -0.2) is 38.7 Å². The van der Waals surface area contributed by atoms with E-state index >= 15 is 0 Å². The normalized spacial score (nSPS) is 11.4. The van der Waals surface area contributed by atoms with Gasteiger partial charge in [0, 0.05) is 6.54 Å². The van der Waals surface area contributed by atoms with Gasteiger partial charge in [-0.05, 0) is 55.2 Å². The SMILES string of the molecule is COc1ccc(CCNC(=O)C(C)OC(=O)Cc2ccc(C)c(OC)c2)cc1. The van der Waals surface area contributed by atoms with Crippen LogP contribution in [-0.2, 0) is 27.2 Å². The zero-order chi connectivity index (χ0) is 20.5. The third kappa shape index (κ3) is 6.30. The van der Waals surface area contributed by atoms with Crippen LogP contribution in [0.1, 0.15) is 23.6 Å². The molecule has 2 aromatic rings. The van der Waals surface area contributed by atoms with Gasteiger partial charge in [0.1, 0.15) is 11.5 Å². The first-order valence-corrected chi connectivity index (χ1v) is 9.16. The lowest BCUT2D eigenvalue weighted by Gasteiger charge is -2.14. The van der Waals surface area contributed by atoms with Crippen molar-refractivity contribution < 1.29 is 23.8 Å².